The van der Waals surface area contributed by atoms with Gasteiger partial charge in [-0.15, -0.1) is 10.2 Å². The second-order valence-corrected chi connectivity index (χ2v) is 4.76. The predicted octanol–water partition coefficient (Wildman–Crippen LogP) is 0.450. The molecule has 8 nitrogen and oxygen atoms in total. The van der Waals surface area contributed by atoms with E-state index in [0.717, 1.165) is 25.0 Å². The summed E-state index contributed by atoms with van der Waals surface area (Å²) in [6.07, 6.45) is 8.41. The Balaban J connectivity index is 1.70. The molecule has 2 N–H and O–H groups in total. The molecular formula is C13H19N7O. The van der Waals surface area contributed by atoms with Crippen molar-refractivity contribution in [3.8, 4) is 0 Å². The third-order valence-electron chi connectivity index (χ3n) is 3.13. The highest BCUT2D eigenvalue weighted by Gasteiger charge is 2.13. The predicted molar refractivity (Wildman–Crippen MR) is 75.1 cm³/mol. The van der Waals surface area contributed by atoms with Crippen LogP contribution in [0.5, 0.6) is 0 Å². The fourth-order valence-corrected chi connectivity index (χ4v) is 1.98. The molecule has 0 aliphatic rings. The molecule has 112 valence electrons. The van der Waals surface area contributed by atoms with Crippen molar-refractivity contribution in [3.05, 3.63) is 30.1 Å². The zero-order valence-corrected chi connectivity index (χ0v) is 12.0. The quantitative estimate of drug-likeness (QED) is 0.730. The maximum absolute atomic E-state index is 11.9. The van der Waals surface area contributed by atoms with Crippen molar-refractivity contribution in [2.45, 2.75) is 45.1 Å². The molecule has 2 rings (SSSR count). The van der Waals surface area contributed by atoms with Crippen molar-refractivity contribution in [1.29, 1.82) is 0 Å². The minimum absolute atomic E-state index is 0.0339. The molecule has 0 spiro atoms. The fourth-order valence-electron chi connectivity index (χ4n) is 1.98. The number of nitrogens with zero attached hydrogens (tertiary/aromatic N) is 5. The number of aromatic nitrogens is 6. The SMILES string of the molecule is CCC(Cc1nn[nH]n1)NC(=O)CCCc1cnccn1. The molecule has 0 aromatic carbocycles. The summed E-state index contributed by atoms with van der Waals surface area (Å²) >= 11 is 0. The van der Waals surface area contributed by atoms with Gasteiger partial charge in [0.05, 0.1) is 5.69 Å². The number of tetrazole rings is 1. The van der Waals surface area contributed by atoms with Crippen LogP contribution >= 0.6 is 0 Å². The maximum atomic E-state index is 11.9. The van der Waals surface area contributed by atoms with Gasteiger partial charge in [0.25, 0.3) is 0 Å². The van der Waals surface area contributed by atoms with Crippen LogP contribution in [0.2, 0.25) is 0 Å². The Morgan fingerprint density at radius 3 is 3.00 bits per heavy atom. The third kappa shape index (κ3) is 5.25. The lowest BCUT2D eigenvalue weighted by atomic mass is 10.1. The molecule has 0 bridgehead atoms. The molecule has 2 heterocycles. The van der Waals surface area contributed by atoms with E-state index in [-0.39, 0.29) is 11.9 Å². The average Bonchev–Trinajstić information content (AvgIpc) is 3.00. The summed E-state index contributed by atoms with van der Waals surface area (Å²) < 4.78 is 0. The van der Waals surface area contributed by atoms with Crippen molar-refractivity contribution in [3.63, 3.8) is 0 Å². The van der Waals surface area contributed by atoms with E-state index in [9.17, 15) is 4.79 Å². The molecule has 8 heteroatoms. The molecular weight excluding hydrogens is 270 g/mol. The Bertz CT molecular complexity index is 529. The maximum Gasteiger partial charge on any atom is 0.220 e. The summed E-state index contributed by atoms with van der Waals surface area (Å²) in [5.41, 5.74) is 0.907. The van der Waals surface area contributed by atoms with Gasteiger partial charge in [0.1, 0.15) is 0 Å². The Morgan fingerprint density at radius 2 is 2.33 bits per heavy atom. The first-order valence-electron chi connectivity index (χ1n) is 7.04. The minimum atomic E-state index is 0.0339. The molecule has 2 aromatic rings. The highest BCUT2D eigenvalue weighted by Crippen LogP contribution is 2.03. The first-order valence-corrected chi connectivity index (χ1v) is 7.04. The molecule has 0 saturated carbocycles. The first-order chi connectivity index (χ1) is 10.3. The monoisotopic (exact) mass is 289 g/mol. The number of aromatic amines is 1. The number of nitrogens with one attached hydrogen (secondary N) is 2. The molecule has 0 aliphatic heterocycles. The van der Waals surface area contributed by atoms with E-state index in [4.69, 9.17) is 0 Å². The van der Waals surface area contributed by atoms with E-state index in [1.807, 2.05) is 6.92 Å². The Kier molecular flexibility index (Phi) is 5.74. The highest BCUT2D eigenvalue weighted by atomic mass is 16.1. The molecule has 1 atom stereocenters. The van der Waals surface area contributed by atoms with Crippen molar-refractivity contribution in [2.24, 2.45) is 0 Å². The summed E-state index contributed by atoms with van der Waals surface area (Å²) in [6.45, 7) is 2.02. The summed E-state index contributed by atoms with van der Waals surface area (Å²) in [5, 5.41) is 16.7. The average molecular weight is 289 g/mol. The number of carbonyl (C=O) groups excluding carboxylic acids is 1. The molecule has 0 aliphatic carbocycles. The van der Waals surface area contributed by atoms with Gasteiger partial charge in [0, 0.05) is 37.5 Å². The van der Waals surface area contributed by atoms with Crippen molar-refractivity contribution in [2.75, 3.05) is 0 Å². The van der Waals surface area contributed by atoms with Gasteiger partial charge in [0.15, 0.2) is 5.82 Å². The van der Waals surface area contributed by atoms with Crippen LogP contribution in [0.3, 0.4) is 0 Å². The van der Waals surface area contributed by atoms with Crippen LogP contribution in [-0.2, 0) is 17.6 Å². The van der Waals surface area contributed by atoms with Gasteiger partial charge >= 0.3 is 0 Å². The van der Waals surface area contributed by atoms with Gasteiger partial charge in [-0.2, -0.15) is 5.21 Å². The summed E-state index contributed by atoms with van der Waals surface area (Å²) in [5.74, 6) is 0.649. The van der Waals surface area contributed by atoms with Gasteiger partial charge in [-0.1, -0.05) is 12.1 Å². The molecule has 1 unspecified atom stereocenters. The molecule has 2 aromatic heterocycles. The number of hydrogen-bond acceptors (Lipinski definition) is 6. The topological polar surface area (TPSA) is 109 Å². The Morgan fingerprint density at radius 1 is 1.43 bits per heavy atom. The number of H-pyrrole nitrogens is 1. The molecule has 0 radical (unpaired) electrons. The molecule has 21 heavy (non-hydrogen) atoms. The summed E-state index contributed by atoms with van der Waals surface area (Å²) in [6, 6.07) is 0.0339. The molecule has 0 fully saturated rings. The number of aryl methyl sites for hydroxylation is 1. The normalized spacial score (nSPS) is 12.0. The highest BCUT2D eigenvalue weighted by molar-refractivity contribution is 5.76. The zero-order chi connectivity index (χ0) is 14.9. The van der Waals surface area contributed by atoms with Gasteiger partial charge in [-0.05, 0) is 19.3 Å². The smallest absolute Gasteiger partial charge is 0.220 e. The standard InChI is InChI=1S/C13H19N7O/c1-2-10(8-12-17-19-20-18-12)16-13(21)5-3-4-11-9-14-6-7-15-11/h6-7,9-10H,2-5,8H2,1H3,(H,16,21)(H,17,18,19,20). The second kappa shape index (κ2) is 8.03. The van der Waals surface area contributed by atoms with Crippen LogP contribution in [0.15, 0.2) is 18.6 Å². The van der Waals surface area contributed by atoms with Crippen LogP contribution in [0.1, 0.15) is 37.7 Å². The van der Waals surface area contributed by atoms with E-state index >= 15 is 0 Å². The fraction of sp³-hybridized carbons (Fsp3) is 0.538. The minimum Gasteiger partial charge on any atom is -0.353 e. The van der Waals surface area contributed by atoms with Crippen LogP contribution in [0.4, 0.5) is 0 Å². The number of rotatable bonds is 8. The number of hydrogen-bond donors (Lipinski definition) is 2. The van der Waals surface area contributed by atoms with Crippen LogP contribution in [0, 0.1) is 0 Å². The van der Waals surface area contributed by atoms with E-state index < -0.39 is 0 Å². The Hall–Kier alpha value is -2.38. The van der Waals surface area contributed by atoms with Gasteiger partial charge in [0.2, 0.25) is 5.91 Å². The van der Waals surface area contributed by atoms with E-state index in [2.05, 4.69) is 35.9 Å². The third-order valence-corrected chi connectivity index (χ3v) is 3.13. The van der Waals surface area contributed by atoms with Crippen LogP contribution in [-0.4, -0.2) is 42.5 Å². The lowest BCUT2D eigenvalue weighted by Crippen LogP contribution is -2.36. The summed E-state index contributed by atoms with van der Waals surface area (Å²) in [4.78, 5) is 20.1. The van der Waals surface area contributed by atoms with Gasteiger partial charge < -0.3 is 5.32 Å². The largest absolute Gasteiger partial charge is 0.353 e. The van der Waals surface area contributed by atoms with Crippen LogP contribution < -0.4 is 5.32 Å². The van der Waals surface area contributed by atoms with Crippen molar-refractivity contribution in [1.82, 2.24) is 35.9 Å². The van der Waals surface area contributed by atoms with Gasteiger partial charge in [-0.25, -0.2) is 0 Å². The lowest BCUT2D eigenvalue weighted by Gasteiger charge is -2.15. The van der Waals surface area contributed by atoms with Crippen LogP contribution in [0.25, 0.3) is 0 Å². The number of amides is 1. The summed E-state index contributed by atoms with van der Waals surface area (Å²) in [7, 11) is 0. The van der Waals surface area contributed by atoms with Crippen molar-refractivity contribution < 1.29 is 4.79 Å². The Labute approximate surface area is 122 Å². The molecule has 1 amide bonds. The first kappa shape index (κ1) is 15.0. The molecule has 0 saturated heterocycles. The van der Waals surface area contributed by atoms with E-state index in [1.165, 1.54) is 0 Å². The van der Waals surface area contributed by atoms with E-state index in [0.29, 0.717) is 18.7 Å². The van der Waals surface area contributed by atoms with Gasteiger partial charge in [-0.3, -0.25) is 14.8 Å². The lowest BCUT2D eigenvalue weighted by molar-refractivity contribution is -0.121. The van der Waals surface area contributed by atoms with Crippen molar-refractivity contribution >= 4 is 5.91 Å². The second-order valence-electron chi connectivity index (χ2n) is 4.76. The van der Waals surface area contributed by atoms with E-state index in [1.54, 1.807) is 18.6 Å². The zero-order valence-electron chi connectivity index (χ0n) is 12.0. The number of carbonyl (C=O) groups is 1.